The van der Waals surface area contributed by atoms with Gasteiger partial charge in [-0.2, -0.15) is 0 Å². The first kappa shape index (κ1) is 18.8. The second-order valence-electron chi connectivity index (χ2n) is 4.83. The molecule has 0 bridgehead atoms. The Bertz CT molecular complexity index is 798. The van der Waals surface area contributed by atoms with Gasteiger partial charge in [0.15, 0.2) is 16.6 Å². The molecular weight excluding hydrogens is 364 g/mol. The predicted octanol–water partition coefficient (Wildman–Crippen LogP) is 3.49. The lowest BCUT2D eigenvalue weighted by Gasteiger charge is -2.12. The van der Waals surface area contributed by atoms with Crippen molar-refractivity contribution >= 4 is 40.5 Å². The molecule has 0 spiro atoms. The molecular formula is C17H17ClN2O4S. The van der Waals surface area contributed by atoms with Crippen LogP contribution in [0, 0.1) is 0 Å². The van der Waals surface area contributed by atoms with Gasteiger partial charge in [-0.3, -0.25) is 10.1 Å². The second-order valence-corrected chi connectivity index (χ2v) is 5.64. The Hall–Kier alpha value is -2.51. The van der Waals surface area contributed by atoms with E-state index in [1.54, 1.807) is 36.4 Å². The van der Waals surface area contributed by atoms with Crippen molar-refractivity contribution in [3.05, 3.63) is 47.0 Å². The summed E-state index contributed by atoms with van der Waals surface area (Å²) in [6, 6.07) is 9.91. The normalized spacial score (nSPS) is 9.92. The maximum atomic E-state index is 12.3. The van der Waals surface area contributed by atoms with Crippen LogP contribution in [0.15, 0.2) is 36.4 Å². The highest BCUT2D eigenvalue weighted by Crippen LogP contribution is 2.28. The number of methoxy groups -OCH3 is 3. The fourth-order valence-electron chi connectivity index (χ4n) is 2.06. The van der Waals surface area contributed by atoms with Crippen molar-refractivity contribution < 1.29 is 19.0 Å². The van der Waals surface area contributed by atoms with Gasteiger partial charge in [0.2, 0.25) is 0 Å². The first-order chi connectivity index (χ1) is 12.0. The lowest BCUT2D eigenvalue weighted by Crippen LogP contribution is -2.34. The molecule has 1 amide bonds. The highest BCUT2D eigenvalue weighted by molar-refractivity contribution is 7.80. The number of benzene rings is 2. The van der Waals surface area contributed by atoms with Crippen LogP contribution in [0.2, 0.25) is 5.02 Å². The Morgan fingerprint density at radius 1 is 0.960 bits per heavy atom. The summed E-state index contributed by atoms with van der Waals surface area (Å²) in [5.74, 6) is 1.16. The topological polar surface area (TPSA) is 68.8 Å². The zero-order valence-corrected chi connectivity index (χ0v) is 15.5. The third-order valence-corrected chi connectivity index (χ3v) is 3.78. The van der Waals surface area contributed by atoms with Crippen LogP contribution in [0.1, 0.15) is 10.4 Å². The van der Waals surface area contributed by atoms with Gasteiger partial charge in [-0.25, -0.2) is 0 Å². The van der Waals surface area contributed by atoms with Crippen LogP contribution in [0.4, 0.5) is 5.69 Å². The molecule has 0 atom stereocenters. The molecule has 0 aromatic heterocycles. The van der Waals surface area contributed by atoms with E-state index in [4.69, 9.17) is 38.0 Å². The predicted molar refractivity (Wildman–Crippen MR) is 101 cm³/mol. The number of carbonyl (C=O) groups is 1. The minimum absolute atomic E-state index is 0.140. The van der Waals surface area contributed by atoms with Crippen molar-refractivity contribution in [3.8, 4) is 17.2 Å². The molecule has 0 fully saturated rings. The van der Waals surface area contributed by atoms with Gasteiger partial charge in [-0.1, -0.05) is 11.6 Å². The van der Waals surface area contributed by atoms with Crippen LogP contribution in [0.25, 0.3) is 0 Å². The average molecular weight is 381 g/mol. The Balaban J connectivity index is 2.05. The van der Waals surface area contributed by atoms with E-state index in [1.165, 1.54) is 21.3 Å². The van der Waals surface area contributed by atoms with Crippen molar-refractivity contribution in [2.45, 2.75) is 0 Å². The van der Waals surface area contributed by atoms with Crippen molar-refractivity contribution in [1.82, 2.24) is 5.32 Å². The SMILES string of the molecule is COc1ccc(NC(=S)NC(=O)c2ccc(OC)c(OC)c2)cc1Cl. The molecule has 0 aliphatic rings. The van der Waals surface area contributed by atoms with Crippen LogP contribution in [-0.2, 0) is 0 Å². The molecule has 0 radical (unpaired) electrons. The Morgan fingerprint density at radius 3 is 2.20 bits per heavy atom. The maximum Gasteiger partial charge on any atom is 0.257 e. The number of rotatable bonds is 5. The number of ether oxygens (including phenoxy) is 3. The minimum Gasteiger partial charge on any atom is -0.495 e. The van der Waals surface area contributed by atoms with Crippen molar-refractivity contribution in [2.75, 3.05) is 26.6 Å². The van der Waals surface area contributed by atoms with Gasteiger partial charge in [0.1, 0.15) is 5.75 Å². The molecule has 25 heavy (non-hydrogen) atoms. The van der Waals surface area contributed by atoms with Crippen molar-refractivity contribution in [2.24, 2.45) is 0 Å². The molecule has 2 aromatic rings. The fourth-order valence-corrected chi connectivity index (χ4v) is 2.53. The Labute approximate surface area is 156 Å². The lowest BCUT2D eigenvalue weighted by molar-refractivity contribution is 0.0977. The van der Waals surface area contributed by atoms with Gasteiger partial charge >= 0.3 is 0 Å². The van der Waals surface area contributed by atoms with Crippen LogP contribution >= 0.6 is 23.8 Å². The molecule has 0 unspecified atom stereocenters. The van der Waals surface area contributed by atoms with E-state index in [0.717, 1.165) is 0 Å². The van der Waals surface area contributed by atoms with Crippen LogP contribution in [0.3, 0.4) is 0 Å². The van der Waals surface area contributed by atoms with Gasteiger partial charge in [0, 0.05) is 11.3 Å². The number of hydrogen-bond acceptors (Lipinski definition) is 5. The molecule has 2 rings (SSSR count). The summed E-state index contributed by atoms with van der Waals surface area (Å²) in [7, 11) is 4.55. The van der Waals surface area contributed by atoms with Gasteiger partial charge in [-0.05, 0) is 48.6 Å². The molecule has 6 nitrogen and oxygen atoms in total. The zero-order valence-electron chi connectivity index (χ0n) is 13.9. The number of hydrogen-bond donors (Lipinski definition) is 2. The second kappa shape index (κ2) is 8.55. The molecule has 0 saturated heterocycles. The smallest absolute Gasteiger partial charge is 0.257 e. The standard InChI is InChI=1S/C17H17ClN2O4S/c1-22-13-7-5-11(9-12(13)18)19-17(25)20-16(21)10-4-6-14(23-2)15(8-10)24-3/h4-9H,1-3H3,(H2,19,20,21,25). The number of nitrogens with one attached hydrogen (secondary N) is 2. The van der Waals surface area contributed by atoms with E-state index in [-0.39, 0.29) is 11.0 Å². The largest absolute Gasteiger partial charge is 0.495 e. The van der Waals surface area contributed by atoms with Crippen molar-refractivity contribution in [3.63, 3.8) is 0 Å². The number of amides is 1. The zero-order chi connectivity index (χ0) is 18.4. The average Bonchev–Trinajstić information content (AvgIpc) is 2.61. The summed E-state index contributed by atoms with van der Waals surface area (Å²) in [6.45, 7) is 0. The molecule has 8 heteroatoms. The third-order valence-electron chi connectivity index (χ3n) is 3.28. The number of halogens is 1. The molecule has 132 valence electrons. The van der Waals surface area contributed by atoms with Crippen LogP contribution in [0.5, 0.6) is 17.2 Å². The lowest BCUT2D eigenvalue weighted by atomic mass is 10.2. The van der Waals surface area contributed by atoms with Gasteiger partial charge < -0.3 is 19.5 Å². The summed E-state index contributed by atoms with van der Waals surface area (Å²) in [5.41, 5.74) is 1.01. The molecule has 0 aliphatic carbocycles. The molecule has 2 N–H and O–H groups in total. The first-order valence-corrected chi connectivity index (χ1v) is 7.95. The molecule has 0 heterocycles. The van der Waals surface area contributed by atoms with Crippen LogP contribution < -0.4 is 24.8 Å². The Morgan fingerprint density at radius 2 is 1.60 bits per heavy atom. The fraction of sp³-hybridized carbons (Fsp3) is 0.176. The van der Waals surface area contributed by atoms with E-state index in [1.807, 2.05) is 0 Å². The van der Waals surface area contributed by atoms with Gasteiger partial charge in [0.05, 0.1) is 26.4 Å². The highest BCUT2D eigenvalue weighted by atomic mass is 35.5. The van der Waals surface area contributed by atoms with Crippen LogP contribution in [-0.4, -0.2) is 32.3 Å². The summed E-state index contributed by atoms with van der Waals surface area (Å²) in [4.78, 5) is 12.3. The minimum atomic E-state index is -0.377. The van der Waals surface area contributed by atoms with E-state index >= 15 is 0 Å². The summed E-state index contributed by atoms with van der Waals surface area (Å²) in [5, 5.41) is 6.05. The van der Waals surface area contributed by atoms with E-state index in [2.05, 4.69) is 10.6 Å². The first-order valence-electron chi connectivity index (χ1n) is 7.16. The van der Waals surface area contributed by atoms with E-state index in [9.17, 15) is 4.79 Å². The molecule has 0 aliphatic heterocycles. The Kier molecular flexibility index (Phi) is 6.44. The monoisotopic (exact) mass is 380 g/mol. The van der Waals surface area contributed by atoms with E-state index < -0.39 is 0 Å². The number of carbonyl (C=O) groups excluding carboxylic acids is 1. The highest BCUT2D eigenvalue weighted by Gasteiger charge is 2.12. The molecule has 2 aromatic carbocycles. The quantitative estimate of drug-likeness (QED) is 0.774. The molecule has 0 saturated carbocycles. The van der Waals surface area contributed by atoms with E-state index in [0.29, 0.717) is 33.5 Å². The maximum absolute atomic E-state index is 12.3. The number of anilines is 1. The van der Waals surface area contributed by atoms with Gasteiger partial charge in [0.25, 0.3) is 5.91 Å². The summed E-state index contributed by atoms with van der Waals surface area (Å²) >= 11 is 11.2. The summed E-state index contributed by atoms with van der Waals surface area (Å²) < 4.78 is 15.4. The summed E-state index contributed by atoms with van der Waals surface area (Å²) in [6.07, 6.45) is 0. The van der Waals surface area contributed by atoms with Gasteiger partial charge in [-0.15, -0.1) is 0 Å². The third kappa shape index (κ3) is 4.74. The number of thiocarbonyl (C=S) groups is 1. The van der Waals surface area contributed by atoms with Crippen molar-refractivity contribution in [1.29, 1.82) is 0 Å².